The Morgan fingerprint density at radius 2 is 2.10 bits per heavy atom. The second-order valence-corrected chi connectivity index (χ2v) is 5.27. The van der Waals surface area contributed by atoms with E-state index in [0.29, 0.717) is 12.2 Å². The van der Waals surface area contributed by atoms with Crippen LogP contribution >= 0.6 is 0 Å². The Morgan fingerprint density at radius 3 is 2.76 bits per heavy atom. The number of benzene rings is 1. The molecule has 5 heteroatoms. The maximum absolute atomic E-state index is 12.0. The minimum absolute atomic E-state index is 0.00383. The van der Waals surface area contributed by atoms with Crippen molar-refractivity contribution in [2.45, 2.75) is 20.0 Å². The molecule has 21 heavy (non-hydrogen) atoms. The standard InChI is InChI=1S/C16H19NO4/c1-9-11(13-8-17-6-7-20-13)4-5-12-10(2)15(19-3)16(18)21-14(9)12/h4-5,13,17H,6-8H2,1-3H3. The number of fused-ring (bicyclic) bond motifs is 1. The van der Waals surface area contributed by atoms with Crippen LogP contribution in [0.2, 0.25) is 0 Å². The first kappa shape index (κ1) is 14.1. The van der Waals surface area contributed by atoms with Gasteiger partial charge in [0.25, 0.3) is 0 Å². The third-order valence-corrected chi connectivity index (χ3v) is 4.05. The quantitative estimate of drug-likeness (QED) is 0.858. The maximum Gasteiger partial charge on any atom is 0.379 e. The molecule has 0 spiro atoms. The Hall–Kier alpha value is -1.85. The first-order chi connectivity index (χ1) is 10.1. The summed E-state index contributed by atoms with van der Waals surface area (Å²) in [6.45, 7) is 6.16. The highest BCUT2D eigenvalue weighted by Gasteiger charge is 2.21. The molecule has 0 saturated carbocycles. The van der Waals surface area contributed by atoms with Crippen LogP contribution in [0.25, 0.3) is 11.0 Å². The summed E-state index contributed by atoms with van der Waals surface area (Å²) in [5.74, 6) is 0.269. The second-order valence-electron chi connectivity index (χ2n) is 5.27. The molecule has 5 nitrogen and oxygen atoms in total. The van der Waals surface area contributed by atoms with E-state index in [1.54, 1.807) is 0 Å². The fourth-order valence-electron chi connectivity index (χ4n) is 2.90. The largest absolute Gasteiger partial charge is 0.490 e. The van der Waals surface area contributed by atoms with E-state index < -0.39 is 5.63 Å². The van der Waals surface area contributed by atoms with Crippen LogP contribution in [-0.4, -0.2) is 26.8 Å². The van der Waals surface area contributed by atoms with Crippen LogP contribution < -0.4 is 15.7 Å². The average molecular weight is 289 g/mol. The highest BCUT2D eigenvalue weighted by Crippen LogP contribution is 2.31. The molecule has 0 amide bonds. The van der Waals surface area contributed by atoms with Gasteiger partial charge in [0.15, 0.2) is 0 Å². The number of rotatable bonds is 2. The summed E-state index contributed by atoms with van der Waals surface area (Å²) in [4.78, 5) is 12.0. The van der Waals surface area contributed by atoms with Crippen LogP contribution in [0.15, 0.2) is 21.3 Å². The molecule has 1 aromatic carbocycles. The van der Waals surface area contributed by atoms with Gasteiger partial charge < -0.3 is 19.2 Å². The molecule has 112 valence electrons. The SMILES string of the molecule is COc1c(C)c2ccc(C3CNCCO3)c(C)c2oc1=O. The highest BCUT2D eigenvalue weighted by atomic mass is 16.5. The van der Waals surface area contributed by atoms with Gasteiger partial charge in [-0.1, -0.05) is 12.1 Å². The lowest BCUT2D eigenvalue weighted by molar-refractivity contribution is 0.0273. The number of aryl methyl sites for hydroxylation is 2. The van der Waals surface area contributed by atoms with Gasteiger partial charge in [-0.05, 0) is 25.0 Å². The van der Waals surface area contributed by atoms with Crippen LogP contribution in [0.4, 0.5) is 0 Å². The van der Waals surface area contributed by atoms with Crippen molar-refractivity contribution in [1.82, 2.24) is 5.32 Å². The lowest BCUT2D eigenvalue weighted by atomic mass is 9.98. The zero-order chi connectivity index (χ0) is 15.0. The number of hydrogen-bond acceptors (Lipinski definition) is 5. The van der Waals surface area contributed by atoms with Gasteiger partial charge in [-0.2, -0.15) is 0 Å². The molecule has 3 rings (SSSR count). The number of hydrogen-bond donors (Lipinski definition) is 1. The van der Waals surface area contributed by atoms with Gasteiger partial charge in [-0.25, -0.2) is 4.79 Å². The topological polar surface area (TPSA) is 60.7 Å². The van der Waals surface area contributed by atoms with Gasteiger partial charge in [0.05, 0.1) is 19.8 Å². The molecular formula is C16H19NO4. The predicted molar refractivity (Wildman–Crippen MR) is 80.1 cm³/mol. The fraction of sp³-hybridized carbons (Fsp3) is 0.438. The van der Waals surface area contributed by atoms with Gasteiger partial charge >= 0.3 is 5.63 Å². The summed E-state index contributed by atoms with van der Waals surface area (Å²) in [7, 11) is 1.48. The first-order valence-corrected chi connectivity index (χ1v) is 7.06. The molecule has 1 aliphatic heterocycles. The molecule has 1 saturated heterocycles. The van der Waals surface area contributed by atoms with Crippen LogP contribution in [0.3, 0.4) is 0 Å². The highest BCUT2D eigenvalue weighted by molar-refractivity contribution is 5.85. The Balaban J connectivity index is 2.19. The van der Waals surface area contributed by atoms with Gasteiger partial charge in [0.2, 0.25) is 5.75 Å². The molecule has 1 fully saturated rings. The van der Waals surface area contributed by atoms with E-state index in [0.717, 1.165) is 35.2 Å². The van der Waals surface area contributed by atoms with E-state index >= 15 is 0 Å². The van der Waals surface area contributed by atoms with Crippen molar-refractivity contribution in [3.05, 3.63) is 39.2 Å². The van der Waals surface area contributed by atoms with E-state index in [2.05, 4.69) is 5.32 Å². The van der Waals surface area contributed by atoms with Crippen molar-refractivity contribution in [3.63, 3.8) is 0 Å². The van der Waals surface area contributed by atoms with Crippen LogP contribution in [0.5, 0.6) is 5.75 Å². The summed E-state index contributed by atoms with van der Waals surface area (Å²) in [6, 6.07) is 4.01. The monoisotopic (exact) mass is 289 g/mol. The minimum Gasteiger partial charge on any atom is -0.490 e. The van der Waals surface area contributed by atoms with Gasteiger partial charge in [0.1, 0.15) is 5.58 Å². The molecule has 1 atom stereocenters. The Morgan fingerprint density at radius 1 is 1.29 bits per heavy atom. The lowest BCUT2D eigenvalue weighted by Crippen LogP contribution is -2.33. The molecule has 1 aliphatic rings. The van der Waals surface area contributed by atoms with E-state index in [4.69, 9.17) is 13.9 Å². The molecule has 1 N–H and O–H groups in total. The molecule has 2 heterocycles. The van der Waals surface area contributed by atoms with Crippen molar-refractivity contribution < 1.29 is 13.9 Å². The number of ether oxygens (including phenoxy) is 2. The first-order valence-electron chi connectivity index (χ1n) is 7.06. The molecular weight excluding hydrogens is 270 g/mol. The molecule has 1 unspecified atom stereocenters. The summed E-state index contributed by atoms with van der Waals surface area (Å²) >= 11 is 0. The predicted octanol–water partition coefficient (Wildman–Crippen LogP) is 2.08. The van der Waals surface area contributed by atoms with Crippen molar-refractivity contribution in [2.24, 2.45) is 0 Å². The van der Waals surface area contributed by atoms with E-state index in [1.807, 2.05) is 26.0 Å². The van der Waals surface area contributed by atoms with E-state index in [-0.39, 0.29) is 11.9 Å². The zero-order valence-corrected chi connectivity index (χ0v) is 12.5. The average Bonchev–Trinajstić information content (AvgIpc) is 2.50. The summed E-state index contributed by atoms with van der Waals surface area (Å²) < 4.78 is 16.4. The molecule has 2 aromatic rings. The minimum atomic E-state index is -0.439. The van der Waals surface area contributed by atoms with Crippen molar-refractivity contribution >= 4 is 11.0 Å². The smallest absolute Gasteiger partial charge is 0.379 e. The summed E-state index contributed by atoms with van der Waals surface area (Å²) in [6.07, 6.45) is -0.00383. The lowest BCUT2D eigenvalue weighted by Gasteiger charge is -2.25. The normalized spacial score (nSPS) is 18.9. The molecule has 0 bridgehead atoms. The van der Waals surface area contributed by atoms with Gasteiger partial charge in [-0.15, -0.1) is 0 Å². The Kier molecular flexibility index (Phi) is 3.69. The van der Waals surface area contributed by atoms with Crippen LogP contribution in [0.1, 0.15) is 22.8 Å². The van der Waals surface area contributed by atoms with Crippen LogP contribution in [0, 0.1) is 13.8 Å². The molecule has 0 radical (unpaired) electrons. The van der Waals surface area contributed by atoms with E-state index in [9.17, 15) is 4.79 Å². The van der Waals surface area contributed by atoms with E-state index in [1.165, 1.54) is 7.11 Å². The Labute approximate surface area is 122 Å². The third-order valence-electron chi connectivity index (χ3n) is 4.05. The van der Waals surface area contributed by atoms with Crippen molar-refractivity contribution in [1.29, 1.82) is 0 Å². The number of nitrogens with one attached hydrogen (secondary N) is 1. The molecule has 1 aromatic heterocycles. The van der Waals surface area contributed by atoms with Crippen molar-refractivity contribution in [3.8, 4) is 5.75 Å². The molecule has 0 aliphatic carbocycles. The second kappa shape index (κ2) is 5.50. The summed E-state index contributed by atoms with van der Waals surface area (Å²) in [5.41, 5.74) is 2.99. The maximum atomic E-state index is 12.0. The van der Waals surface area contributed by atoms with Crippen molar-refractivity contribution in [2.75, 3.05) is 26.8 Å². The number of morpholine rings is 1. The fourth-order valence-corrected chi connectivity index (χ4v) is 2.90. The van der Waals surface area contributed by atoms with Gasteiger partial charge in [0, 0.05) is 24.0 Å². The van der Waals surface area contributed by atoms with Gasteiger partial charge in [-0.3, -0.25) is 0 Å². The third kappa shape index (κ3) is 2.32. The summed E-state index contributed by atoms with van der Waals surface area (Å²) in [5, 5.41) is 4.21. The zero-order valence-electron chi connectivity index (χ0n) is 12.5. The van der Waals surface area contributed by atoms with Crippen LogP contribution in [-0.2, 0) is 4.74 Å². The Bertz CT molecular complexity index is 729. The number of methoxy groups -OCH3 is 1.